The van der Waals surface area contributed by atoms with E-state index in [0.717, 1.165) is 22.3 Å². The minimum atomic E-state index is -0.496. The molecule has 2 heterocycles. The molecule has 0 aliphatic carbocycles. The molecule has 2 fully saturated rings. The number of carbonyl (C=O) groups is 3. The number of halogens is 1. The number of rotatable bonds is 8. The number of amides is 3. The summed E-state index contributed by atoms with van der Waals surface area (Å²) in [6, 6.07) is 13.4. The van der Waals surface area contributed by atoms with Crippen molar-refractivity contribution in [2.75, 3.05) is 50.8 Å². The fraction of sp³-hybridized carbons (Fsp3) is 0.296. The maximum atomic E-state index is 13.0. The van der Waals surface area contributed by atoms with Crippen LogP contribution >= 0.6 is 27.7 Å². The predicted molar refractivity (Wildman–Crippen MR) is 148 cm³/mol. The van der Waals surface area contributed by atoms with Crippen LogP contribution in [0.2, 0.25) is 0 Å². The lowest BCUT2D eigenvalue weighted by molar-refractivity contribution is -0.136. The van der Waals surface area contributed by atoms with Crippen LogP contribution in [0.5, 0.6) is 11.5 Å². The van der Waals surface area contributed by atoms with Crippen molar-refractivity contribution in [1.29, 1.82) is 0 Å². The molecule has 0 bridgehead atoms. The van der Waals surface area contributed by atoms with E-state index in [1.165, 1.54) is 0 Å². The second kappa shape index (κ2) is 12.2. The third-order valence-electron chi connectivity index (χ3n) is 5.88. The highest BCUT2D eigenvalue weighted by molar-refractivity contribution is 9.10. The smallest absolute Gasteiger partial charge is 0.294 e. The Morgan fingerprint density at radius 1 is 1.11 bits per heavy atom. The van der Waals surface area contributed by atoms with Crippen LogP contribution in [0, 0.1) is 12.3 Å². The van der Waals surface area contributed by atoms with Crippen molar-refractivity contribution in [3.8, 4) is 23.8 Å². The molecule has 0 N–H and O–H groups in total. The van der Waals surface area contributed by atoms with E-state index in [-0.39, 0.29) is 24.0 Å². The second-order valence-corrected chi connectivity index (χ2v) is 10.1. The van der Waals surface area contributed by atoms with Crippen molar-refractivity contribution in [2.24, 2.45) is 0 Å². The molecule has 0 spiro atoms. The first-order valence-electron chi connectivity index (χ1n) is 11.8. The summed E-state index contributed by atoms with van der Waals surface area (Å²) in [7, 11) is 0. The molecule has 2 aromatic carbocycles. The Labute approximate surface area is 228 Å². The molecule has 2 aliphatic rings. The van der Waals surface area contributed by atoms with Gasteiger partial charge in [0.1, 0.15) is 13.2 Å². The highest BCUT2D eigenvalue weighted by atomic mass is 79.9. The number of hydrogen-bond donors (Lipinski definition) is 0. The highest BCUT2D eigenvalue weighted by Crippen LogP contribution is 2.38. The Bertz CT molecular complexity index is 1250. The lowest BCUT2D eigenvalue weighted by atomic mass is 10.1. The van der Waals surface area contributed by atoms with Gasteiger partial charge in [-0.1, -0.05) is 40.0 Å². The molecular formula is C27H26BrN3O5S. The van der Waals surface area contributed by atoms with E-state index in [0.29, 0.717) is 54.3 Å². The number of imide groups is 1. The van der Waals surface area contributed by atoms with Crippen LogP contribution in [0.4, 0.5) is 10.5 Å². The van der Waals surface area contributed by atoms with Gasteiger partial charge in [-0.3, -0.25) is 19.3 Å². The number of ether oxygens (including phenoxy) is 2. The molecule has 8 nitrogen and oxygen atoms in total. The van der Waals surface area contributed by atoms with Gasteiger partial charge in [-0.2, -0.15) is 0 Å². The molecule has 192 valence electrons. The molecule has 0 atom stereocenters. The third-order valence-corrected chi connectivity index (χ3v) is 7.48. The molecule has 37 heavy (non-hydrogen) atoms. The average Bonchev–Trinajstić information content (AvgIpc) is 3.17. The number of hydrogen-bond acceptors (Lipinski definition) is 7. The molecule has 0 saturated carbocycles. The van der Waals surface area contributed by atoms with Crippen molar-refractivity contribution >= 4 is 56.5 Å². The summed E-state index contributed by atoms with van der Waals surface area (Å²) in [5, 5.41) is -0.470. The molecule has 0 radical (unpaired) electrons. The molecule has 4 rings (SSSR count). The first kappa shape index (κ1) is 26.6. The molecule has 0 unspecified atom stereocenters. The zero-order valence-electron chi connectivity index (χ0n) is 20.3. The molecule has 0 aromatic heterocycles. The van der Waals surface area contributed by atoms with E-state index in [1.807, 2.05) is 37.3 Å². The predicted octanol–water partition coefficient (Wildman–Crippen LogP) is 4.24. The number of thioether (sulfide) groups is 1. The number of benzene rings is 2. The topological polar surface area (TPSA) is 79.4 Å². The Morgan fingerprint density at radius 3 is 2.49 bits per heavy atom. The molecular weight excluding hydrogens is 558 g/mol. The Balaban J connectivity index is 1.42. The zero-order chi connectivity index (χ0) is 26.4. The van der Waals surface area contributed by atoms with Crippen LogP contribution in [0.3, 0.4) is 0 Å². The standard InChI is InChI=1S/C27H26BrN3O5S/c1-3-14-36-23-17-21(28)19(15-22(23)35-4-2)16-24-26(33)31(27(34)37-24)18-25(32)30-12-10-29(11-13-30)20-8-6-5-7-9-20/h1,5-9,15-17H,4,10-14,18H2,2H3/b24-16+. The summed E-state index contributed by atoms with van der Waals surface area (Å²) >= 11 is 4.29. The van der Waals surface area contributed by atoms with E-state index in [4.69, 9.17) is 15.9 Å². The van der Waals surface area contributed by atoms with Crippen molar-refractivity contribution in [3.05, 3.63) is 57.4 Å². The van der Waals surface area contributed by atoms with Crippen LogP contribution in [0.1, 0.15) is 12.5 Å². The Hall–Kier alpha value is -3.42. The number of carbonyl (C=O) groups excluding carboxylic acids is 3. The van der Waals surface area contributed by atoms with Crippen LogP contribution in [-0.4, -0.2) is 72.8 Å². The Morgan fingerprint density at radius 2 is 1.81 bits per heavy atom. The highest BCUT2D eigenvalue weighted by Gasteiger charge is 2.37. The number of terminal acetylenes is 1. The lowest BCUT2D eigenvalue weighted by Gasteiger charge is -2.36. The normalized spacial score (nSPS) is 16.8. The Kier molecular flexibility index (Phi) is 8.79. The maximum Gasteiger partial charge on any atom is 0.294 e. The SMILES string of the molecule is C#CCOc1cc(Br)c(/C=C2/SC(=O)N(CC(=O)N3CCN(c4ccccc4)CC3)C2=O)cc1OCC. The van der Waals surface area contributed by atoms with Crippen LogP contribution in [0.25, 0.3) is 6.08 Å². The maximum absolute atomic E-state index is 13.0. The van der Waals surface area contributed by atoms with Crippen molar-refractivity contribution < 1.29 is 23.9 Å². The third kappa shape index (κ3) is 6.29. The summed E-state index contributed by atoms with van der Waals surface area (Å²) in [4.78, 5) is 43.8. The average molecular weight is 584 g/mol. The lowest BCUT2D eigenvalue weighted by Crippen LogP contribution is -2.51. The fourth-order valence-electron chi connectivity index (χ4n) is 4.03. The van der Waals surface area contributed by atoms with Crippen molar-refractivity contribution in [3.63, 3.8) is 0 Å². The van der Waals surface area contributed by atoms with E-state index in [2.05, 4.69) is 26.8 Å². The molecule has 2 aromatic rings. The number of anilines is 1. The van der Waals surface area contributed by atoms with E-state index in [9.17, 15) is 14.4 Å². The number of nitrogens with zero attached hydrogens (tertiary/aromatic N) is 3. The van der Waals surface area contributed by atoms with Crippen LogP contribution in [0.15, 0.2) is 51.8 Å². The quantitative estimate of drug-likeness (QED) is 0.339. The van der Waals surface area contributed by atoms with Crippen molar-refractivity contribution in [1.82, 2.24) is 9.80 Å². The van der Waals surface area contributed by atoms with Gasteiger partial charge in [0.05, 0.1) is 11.5 Å². The van der Waals surface area contributed by atoms with Gasteiger partial charge >= 0.3 is 0 Å². The second-order valence-electron chi connectivity index (χ2n) is 8.22. The summed E-state index contributed by atoms with van der Waals surface area (Å²) in [6.07, 6.45) is 6.89. The first-order valence-corrected chi connectivity index (χ1v) is 13.4. The number of para-hydroxylation sites is 1. The van der Waals surface area contributed by atoms with Gasteiger partial charge in [0.25, 0.3) is 11.1 Å². The van der Waals surface area contributed by atoms with Crippen LogP contribution in [-0.2, 0) is 9.59 Å². The minimum absolute atomic E-state index is 0.0834. The monoisotopic (exact) mass is 583 g/mol. The minimum Gasteiger partial charge on any atom is -0.490 e. The van der Waals surface area contributed by atoms with E-state index in [1.54, 1.807) is 23.1 Å². The molecule has 2 aliphatic heterocycles. The first-order chi connectivity index (χ1) is 17.9. The van der Waals surface area contributed by atoms with Gasteiger partial charge in [-0.25, -0.2) is 0 Å². The van der Waals surface area contributed by atoms with Gasteiger partial charge in [0.2, 0.25) is 5.91 Å². The summed E-state index contributed by atoms with van der Waals surface area (Å²) in [5.74, 6) is 2.61. The van der Waals surface area contributed by atoms with Crippen LogP contribution < -0.4 is 14.4 Å². The van der Waals surface area contributed by atoms with Gasteiger partial charge in [0.15, 0.2) is 11.5 Å². The molecule has 3 amide bonds. The van der Waals surface area contributed by atoms with Gasteiger partial charge < -0.3 is 19.3 Å². The summed E-state index contributed by atoms with van der Waals surface area (Å²) in [6.45, 7) is 4.49. The van der Waals surface area contributed by atoms with Gasteiger partial charge in [-0.05, 0) is 54.6 Å². The number of piperazine rings is 1. The molecule has 10 heteroatoms. The van der Waals surface area contributed by atoms with Gasteiger partial charge in [0, 0.05) is 36.3 Å². The molecule has 2 saturated heterocycles. The summed E-state index contributed by atoms with van der Waals surface area (Å²) in [5.41, 5.74) is 1.74. The fourth-order valence-corrected chi connectivity index (χ4v) is 5.29. The van der Waals surface area contributed by atoms with E-state index < -0.39 is 11.1 Å². The summed E-state index contributed by atoms with van der Waals surface area (Å²) < 4.78 is 11.8. The van der Waals surface area contributed by atoms with Gasteiger partial charge in [-0.15, -0.1) is 6.42 Å². The zero-order valence-corrected chi connectivity index (χ0v) is 22.7. The van der Waals surface area contributed by atoms with Crippen molar-refractivity contribution in [2.45, 2.75) is 6.92 Å². The van der Waals surface area contributed by atoms with E-state index >= 15 is 0 Å². The largest absolute Gasteiger partial charge is 0.490 e.